The van der Waals surface area contributed by atoms with Gasteiger partial charge in [-0.1, -0.05) is 29.3 Å². The van der Waals surface area contributed by atoms with E-state index in [0.29, 0.717) is 10.0 Å². The number of urea groups is 1. The van der Waals surface area contributed by atoms with Crippen molar-refractivity contribution in [3.8, 4) is 0 Å². The molecule has 0 aliphatic carbocycles. The molecule has 0 heterocycles. The average molecular weight is 319 g/mol. The zero-order valence-electron chi connectivity index (χ0n) is 11.2. The van der Waals surface area contributed by atoms with E-state index in [-0.39, 0.29) is 19.2 Å². The molecule has 2 N–H and O–H groups in total. The summed E-state index contributed by atoms with van der Waals surface area (Å²) in [5, 5.41) is 6.07. The molecule has 0 unspecified atom stereocenters. The summed E-state index contributed by atoms with van der Waals surface area (Å²) in [6.07, 6.45) is 0. The van der Waals surface area contributed by atoms with Crippen molar-refractivity contribution < 1.29 is 14.3 Å². The van der Waals surface area contributed by atoms with Gasteiger partial charge in [-0.15, -0.1) is 0 Å². The van der Waals surface area contributed by atoms with Crippen LogP contribution in [-0.2, 0) is 9.53 Å². The average Bonchev–Trinajstić information content (AvgIpc) is 2.36. The quantitative estimate of drug-likeness (QED) is 0.820. The Kier molecular flexibility index (Phi) is 6.61. The van der Waals surface area contributed by atoms with E-state index in [1.165, 1.54) is 0 Å². The highest BCUT2D eigenvalue weighted by Crippen LogP contribution is 2.25. The van der Waals surface area contributed by atoms with E-state index in [4.69, 9.17) is 27.9 Å². The molecule has 7 heteroatoms. The van der Waals surface area contributed by atoms with Crippen molar-refractivity contribution in [3.63, 3.8) is 0 Å². The number of halogens is 2. The minimum Gasteiger partial charge on any atom is -0.465 e. The molecule has 0 radical (unpaired) electrons. The van der Waals surface area contributed by atoms with Gasteiger partial charge in [-0.3, -0.25) is 4.79 Å². The molecule has 1 atom stereocenters. The van der Waals surface area contributed by atoms with E-state index in [0.717, 1.165) is 5.56 Å². The monoisotopic (exact) mass is 318 g/mol. The fourth-order valence-corrected chi connectivity index (χ4v) is 2.11. The molecule has 0 saturated heterocycles. The molecule has 2 amide bonds. The van der Waals surface area contributed by atoms with E-state index < -0.39 is 12.0 Å². The van der Waals surface area contributed by atoms with Gasteiger partial charge in [-0.25, -0.2) is 4.79 Å². The smallest absolute Gasteiger partial charge is 0.325 e. The Morgan fingerprint density at radius 2 is 2.05 bits per heavy atom. The number of amides is 2. The summed E-state index contributed by atoms with van der Waals surface area (Å²) < 4.78 is 4.70. The molecular weight excluding hydrogens is 303 g/mol. The van der Waals surface area contributed by atoms with Crippen molar-refractivity contribution in [1.29, 1.82) is 0 Å². The Morgan fingerprint density at radius 1 is 1.35 bits per heavy atom. The van der Waals surface area contributed by atoms with Gasteiger partial charge < -0.3 is 15.4 Å². The van der Waals surface area contributed by atoms with Gasteiger partial charge in [-0.2, -0.15) is 0 Å². The summed E-state index contributed by atoms with van der Waals surface area (Å²) >= 11 is 11.9. The van der Waals surface area contributed by atoms with Crippen LogP contribution in [0.5, 0.6) is 0 Å². The summed E-state index contributed by atoms with van der Waals surface area (Å²) in [5.74, 6) is -0.486. The first-order valence-electron chi connectivity index (χ1n) is 6.09. The Labute approximate surface area is 127 Å². The van der Waals surface area contributed by atoms with Gasteiger partial charge in [0.15, 0.2) is 0 Å². The summed E-state index contributed by atoms with van der Waals surface area (Å²) in [5.41, 5.74) is 0.738. The number of ether oxygens (including phenoxy) is 1. The molecule has 0 spiro atoms. The molecule has 1 rings (SSSR count). The molecule has 0 bridgehead atoms. The van der Waals surface area contributed by atoms with Gasteiger partial charge in [0.1, 0.15) is 6.54 Å². The first-order valence-corrected chi connectivity index (χ1v) is 6.84. The highest BCUT2D eigenvalue weighted by molar-refractivity contribution is 6.35. The topological polar surface area (TPSA) is 67.4 Å². The second-order valence-electron chi connectivity index (χ2n) is 4.02. The predicted octanol–water partition coefficient (Wildman–Crippen LogP) is 2.92. The normalized spacial score (nSPS) is 11.6. The van der Waals surface area contributed by atoms with Gasteiger partial charge in [0, 0.05) is 10.0 Å². The van der Waals surface area contributed by atoms with Gasteiger partial charge in [0.05, 0.1) is 12.6 Å². The number of benzene rings is 1. The minimum atomic E-state index is -0.486. The Hall–Kier alpha value is -1.46. The predicted molar refractivity (Wildman–Crippen MR) is 78.0 cm³/mol. The second-order valence-corrected chi connectivity index (χ2v) is 4.86. The number of hydrogen-bond acceptors (Lipinski definition) is 3. The molecule has 5 nitrogen and oxygen atoms in total. The summed E-state index contributed by atoms with van der Waals surface area (Å²) in [6.45, 7) is 3.57. The molecule has 0 saturated carbocycles. The summed E-state index contributed by atoms with van der Waals surface area (Å²) in [6, 6.07) is 4.24. The van der Waals surface area contributed by atoms with E-state index in [9.17, 15) is 9.59 Å². The van der Waals surface area contributed by atoms with Crippen LogP contribution in [-0.4, -0.2) is 25.2 Å². The number of esters is 1. The van der Waals surface area contributed by atoms with Crippen molar-refractivity contribution in [2.45, 2.75) is 19.9 Å². The maximum Gasteiger partial charge on any atom is 0.325 e. The standard InChI is InChI=1S/C13H16Cl2N2O3/c1-3-20-12(18)7-16-13(19)17-8(2)10-5-4-9(14)6-11(10)15/h4-6,8H,3,7H2,1-2H3,(H2,16,17,19)/t8-/m1/s1. The molecule has 1 aromatic carbocycles. The molecule has 0 aliphatic rings. The van der Waals surface area contributed by atoms with Crippen LogP contribution in [0.2, 0.25) is 10.0 Å². The lowest BCUT2D eigenvalue weighted by Gasteiger charge is -2.16. The van der Waals surface area contributed by atoms with E-state index in [1.54, 1.807) is 32.0 Å². The van der Waals surface area contributed by atoms with Crippen LogP contribution in [0.25, 0.3) is 0 Å². The van der Waals surface area contributed by atoms with Crippen LogP contribution in [0.15, 0.2) is 18.2 Å². The molecule has 0 aromatic heterocycles. The Morgan fingerprint density at radius 3 is 2.65 bits per heavy atom. The molecule has 110 valence electrons. The maximum absolute atomic E-state index is 11.6. The second kappa shape index (κ2) is 7.97. The van der Waals surface area contributed by atoms with Crippen LogP contribution in [0, 0.1) is 0 Å². The zero-order chi connectivity index (χ0) is 15.1. The lowest BCUT2D eigenvalue weighted by Crippen LogP contribution is -2.40. The van der Waals surface area contributed by atoms with Crippen LogP contribution in [0.3, 0.4) is 0 Å². The van der Waals surface area contributed by atoms with Gasteiger partial charge >= 0.3 is 12.0 Å². The van der Waals surface area contributed by atoms with Crippen molar-refractivity contribution in [2.75, 3.05) is 13.2 Å². The fourth-order valence-electron chi connectivity index (χ4n) is 1.54. The third kappa shape index (κ3) is 5.27. The first kappa shape index (κ1) is 16.6. The van der Waals surface area contributed by atoms with Crippen molar-refractivity contribution in [1.82, 2.24) is 10.6 Å². The maximum atomic E-state index is 11.6. The van der Waals surface area contributed by atoms with Crippen molar-refractivity contribution >= 4 is 35.2 Å². The largest absolute Gasteiger partial charge is 0.465 e. The zero-order valence-corrected chi connectivity index (χ0v) is 12.7. The van der Waals surface area contributed by atoms with Crippen LogP contribution in [0.4, 0.5) is 4.79 Å². The Balaban J connectivity index is 2.51. The first-order chi connectivity index (χ1) is 9.43. The Bertz CT molecular complexity index is 495. The summed E-state index contributed by atoms with van der Waals surface area (Å²) in [4.78, 5) is 22.7. The van der Waals surface area contributed by atoms with Crippen molar-refractivity contribution in [2.24, 2.45) is 0 Å². The highest BCUT2D eigenvalue weighted by Gasteiger charge is 2.13. The molecule has 20 heavy (non-hydrogen) atoms. The minimum absolute atomic E-state index is 0.180. The van der Waals surface area contributed by atoms with E-state index in [1.807, 2.05) is 0 Å². The molecule has 1 aromatic rings. The van der Waals surface area contributed by atoms with Crippen LogP contribution in [0.1, 0.15) is 25.5 Å². The molecule has 0 aliphatic heterocycles. The number of rotatable bonds is 5. The van der Waals surface area contributed by atoms with Gasteiger partial charge in [0.25, 0.3) is 0 Å². The fraction of sp³-hybridized carbons (Fsp3) is 0.385. The van der Waals surface area contributed by atoms with Gasteiger partial charge in [-0.05, 0) is 31.5 Å². The lowest BCUT2D eigenvalue weighted by atomic mass is 10.1. The van der Waals surface area contributed by atoms with E-state index in [2.05, 4.69) is 10.6 Å². The number of carbonyl (C=O) groups excluding carboxylic acids is 2. The third-order valence-electron chi connectivity index (χ3n) is 2.48. The van der Waals surface area contributed by atoms with Crippen molar-refractivity contribution in [3.05, 3.63) is 33.8 Å². The SMILES string of the molecule is CCOC(=O)CNC(=O)N[C@H](C)c1ccc(Cl)cc1Cl. The van der Waals surface area contributed by atoms with Gasteiger partial charge in [0.2, 0.25) is 0 Å². The molecule has 0 fully saturated rings. The number of carbonyl (C=O) groups is 2. The summed E-state index contributed by atoms with van der Waals surface area (Å²) in [7, 11) is 0. The number of hydrogen-bond donors (Lipinski definition) is 2. The third-order valence-corrected chi connectivity index (χ3v) is 3.04. The van der Waals surface area contributed by atoms with Crippen LogP contribution < -0.4 is 10.6 Å². The number of nitrogens with one attached hydrogen (secondary N) is 2. The highest BCUT2D eigenvalue weighted by atomic mass is 35.5. The van der Waals surface area contributed by atoms with Crippen LogP contribution >= 0.6 is 23.2 Å². The van der Waals surface area contributed by atoms with E-state index >= 15 is 0 Å². The molecular formula is C13H16Cl2N2O3. The lowest BCUT2D eigenvalue weighted by molar-refractivity contribution is -0.141.